The molecule has 0 unspecified atom stereocenters. The zero-order chi connectivity index (χ0) is 14.8. The molecular formula is C16H19N3O2. The first-order valence-electron chi connectivity index (χ1n) is 7.18. The van der Waals surface area contributed by atoms with Crippen LogP contribution in [0, 0.1) is 13.8 Å². The molecule has 1 amide bonds. The highest BCUT2D eigenvalue weighted by atomic mass is 16.5. The van der Waals surface area contributed by atoms with Gasteiger partial charge in [0.25, 0.3) is 5.91 Å². The number of amides is 1. The maximum absolute atomic E-state index is 12.0. The summed E-state index contributed by atoms with van der Waals surface area (Å²) in [6, 6.07) is 6.19. The molecule has 0 bridgehead atoms. The van der Waals surface area contributed by atoms with E-state index < -0.39 is 0 Å². The van der Waals surface area contributed by atoms with Crippen molar-refractivity contribution >= 4 is 11.6 Å². The predicted molar refractivity (Wildman–Crippen MR) is 80.6 cm³/mol. The topological polar surface area (TPSA) is 56.2 Å². The third kappa shape index (κ3) is 2.97. The van der Waals surface area contributed by atoms with Gasteiger partial charge in [0.15, 0.2) is 0 Å². The van der Waals surface area contributed by atoms with Gasteiger partial charge in [-0.3, -0.25) is 4.79 Å². The number of aromatic nitrogens is 2. The van der Waals surface area contributed by atoms with E-state index in [0.29, 0.717) is 12.3 Å². The van der Waals surface area contributed by atoms with E-state index in [9.17, 15) is 4.79 Å². The highest BCUT2D eigenvalue weighted by Gasteiger charge is 2.23. The summed E-state index contributed by atoms with van der Waals surface area (Å²) in [6.07, 6.45) is 4.89. The Hall–Kier alpha value is -2.14. The Morgan fingerprint density at radius 3 is 3.00 bits per heavy atom. The smallest absolute Gasteiger partial charge is 0.253 e. The molecule has 2 aromatic rings. The third-order valence-electron chi connectivity index (χ3n) is 3.67. The van der Waals surface area contributed by atoms with Gasteiger partial charge >= 0.3 is 0 Å². The Morgan fingerprint density at radius 1 is 1.43 bits per heavy atom. The predicted octanol–water partition coefficient (Wildman–Crippen LogP) is 2.61. The van der Waals surface area contributed by atoms with Crippen LogP contribution < -0.4 is 5.32 Å². The number of rotatable bonds is 3. The lowest BCUT2D eigenvalue weighted by Crippen LogP contribution is -2.26. The third-order valence-corrected chi connectivity index (χ3v) is 3.67. The van der Waals surface area contributed by atoms with Crippen LogP contribution in [0.1, 0.15) is 24.0 Å². The van der Waals surface area contributed by atoms with Gasteiger partial charge in [-0.25, -0.2) is 4.68 Å². The Kier molecular flexibility index (Phi) is 3.75. The van der Waals surface area contributed by atoms with Crippen molar-refractivity contribution in [3.05, 3.63) is 41.7 Å². The molecule has 1 aliphatic heterocycles. The molecule has 3 rings (SSSR count). The monoisotopic (exact) mass is 285 g/mol. The van der Waals surface area contributed by atoms with Crippen molar-refractivity contribution < 1.29 is 9.53 Å². The van der Waals surface area contributed by atoms with Crippen LogP contribution in [0.25, 0.3) is 5.69 Å². The highest BCUT2D eigenvalue weighted by molar-refractivity contribution is 5.94. The fourth-order valence-electron chi connectivity index (χ4n) is 2.59. The number of hydrogen-bond acceptors (Lipinski definition) is 3. The molecular weight excluding hydrogens is 266 g/mol. The summed E-state index contributed by atoms with van der Waals surface area (Å²) in [4.78, 5) is 12.0. The van der Waals surface area contributed by atoms with E-state index in [1.165, 1.54) is 5.56 Å². The SMILES string of the molecule is Cc1ccc(-n2cc(NC(=O)[C@@H]3CCCO3)cn2)c(C)c1. The van der Waals surface area contributed by atoms with Gasteiger partial charge in [0.2, 0.25) is 0 Å². The first-order valence-corrected chi connectivity index (χ1v) is 7.18. The minimum atomic E-state index is -0.325. The van der Waals surface area contributed by atoms with Crippen molar-refractivity contribution in [1.29, 1.82) is 0 Å². The standard InChI is InChI=1S/C16H19N3O2/c1-11-5-6-14(12(2)8-11)19-10-13(9-17-19)18-16(20)15-4-3-7-21-15/h5-6,8-10,15H,3-4,7H2,1-2H3,(H,18,20)/t15-/m0/s1. The second-order valence-corrected chi connectivity index (χ2v) is 5.45. The number of carbonyl (C=O) groups excluding carboxylic acids is 1. The number of benzene rings is 1. The lowest BCUT2D eigenvalue weighted by Gasteiger charge is -2.08. The van der Waals surface area contributed by atoms with E-state index in [4.69, 9.17) is 4.74 Å². The Bertz CT molecular complexity index is 657. The summed E-state index contributed by atoms with van der Waals surface area (Å²) in [5.41, 5.74) is 4.07. The molecule has 1 saturated heterocycles. The van der Waals surface area contributed by atoms with Gasteiger partial charge < -0.3 is 10.1 Å². The van der Waals surface area contributed by atoms with Crippen molar-refractivity contribution in [2.45, 2.75) is 32.8 Å². The number of aryl methyl sites for hydroxylation is 2. The van der Waals surface area contributed by atoms with Crippen molar-refractivity contribution in [2.75, 3.05) is 11.9 Å². The molecule has 1 aromatic heterocycles. The minimum Gasteiger partial charge on any atom is -0.368 e. The molecule has 0 saturated carbocycles. The molecule has 0 aliphatic carbocycles. The number of carbonyl (C=O) groups is 1. The molecule has 1 N–H and O–H groups in total. The zero-order valence-corrected chi connectivity index (χ0v) is 12.3. The summed E-state index contributed by atoms with van der Waals surface area (Å²) >= 11 is 0. The molecule has 1 fully saturated rings. The van der Waals surface area contributed by atoms with Crippen LogP contribution in [-0.4, -0.2) is 28.4 Å². The van der Waals surface area contributed by atoms with E-state index in [2.05, 4.69) is 36.4 Å². The second kappa shape index (κ2) is 5.69. The summed E-state index contributed by atoms with van der Waals surface area (Å²) < 4.78 is 7.15. The molecule has 1 aliphatic rings. The van der Waals surface area contributed by atoms with Crippen LogP contribution >= 0.6 is 0 Å². The molecule has 1 aromatic carbocycles. The molecule has 5 heteroatoms. The maximum atomic E-state index is 12.0. The van der Waals surface area contributed by atoms with E-state index in [1.54, 1.807) is 10.9 Å². The molecule has 5 nitrogen and oxygen atoms in total. The molecule has 1 atom stereocenters. The van der Waals surface area contributed by atoms with Crippen LogP contribution in [0.15, 0.2) is 30.6 Å². The second-order valence-electron chi connectivity index (χ2n) is 5.45. The lowest BCUT2D eigenvalue weighted by atomic mass is 10.1. The van der Waals surface area contributed by atoms with Gasteiger partial charge in [-0.1, -0.05) is 17.7 Å². The lowest BCUT2D eigenvalue weighted by molar-refractivity contribution is -0.124. The summed E-state index contributed by atoms with van der Waals surface area (Å²) in [5.74, 6) is -0.0901. The molecule has 21 heavy (non-hydrogen) atoms. The van der Waals surface area contributed by atoms with Crippen molar-refractivity contribution in [2.24, 2.45) is 0 Å². The number of hydrogen-bond donors (Lipinski definition) is 1. The van der Waals surface area contributed by atoms with Crippen LogP contribution in [0.5, 0.6) is 0 Å². The maximum Gasteiger partial charge on any atom is 0.253 e. The summed E-state index contributed by atoms with van der Waals surface area (Å²) in [5, 5.41) is 7.18. The fourth-order valence-corrected chi connectivity index (χ4v) is 2.59. The van der Waals surface area contributed by atoms with E-state index in [-0.39, 0.29) is 12.0 Å². The summed E-state index contributed by atoms with van der Waals surface area (Å²) in [7, 11) is 0. The molecule has 110 valence electrons. The first-order chi connectivity index (χ1) is 10.1. The van der Waals surface area contributed by atoms with Crippen molar-refractivity contribution in [1.82, 2.24) is 9.78 Å². The van der Waals surface area contributed by atoms with Crippen LogP contribution in [0.2, 0.25) is 0 Å². The van der Waals surface area contributed by atoms with Gasteiger partial charge in [-0.15, -0.1) is 0 Å². The number of anilines is 1. The Labute approximate surface area is 123 Å². The van der Waals surface area contributed by atoms with Crippen molar-refractivity contribution in [3.63, 3.8) is 0 Å². The normalized spacial score (nSPS) is 17.9. The Balaban J connectivity index is 1.75. The molecule has 0 radical (unpaired) electrons. The zero-order valence-electron chi connectivity index (χ0n) is 12.3. The average molecular weight is 285 g/mol. The molecule has 2 heterocycles. The fraction of sp³-hybridized carbons (Fsp3) is 0.375. The average Bonchev–Trinajstić information content (AvgIpc) is 3.09. The van der Waals surface area contributed by atoms with Gasteiger partial charge in [-0.2, -0.15) is 5.10 Å². The van der Waals surface area contributed by atoms with Crippen molar-refractivity contribution in [3.8, 4) is 5.69 Å². The number of ether oxygens (including phenoxy) is 1. The number of nitrogens with zero attached hydrogens (tertiary/aromatic N) is 2. The van der Waals surface area contributed by atoms with E-state index in [1.807, 2.05) is 12.3 Å². The molecule has 0 spiro atoms. The minimum absolute atomic E-state index is 0.0901. The van der Waals surface area contributed by atoms with E-state index in [0.717, 1.165) is 24.1 Å². The highest BCUT2D eigenvalue weighted by Crippen LogP contribution is 2.18. The first kappa shape index (κ1) is 13.8. The Morgan fingerprint density at radius 2 is 2.29 bits per heavy atom. The van der Waals surface area contributed by atoms with Crippen LogP contribution in [0.3, 0.4) is 0 Å². The van der Waals surface area contributed by atoms with Gasteiger partial charge in [0, 0.05) is 6.61 Å². The van der Waals surface area contributed by atoms with Gasteiger partial charge in [0.05, 0.1) is 23.8 Å². The largest absolute Gasteiger partial charge is 0.368 e. The summed E-state index contributed by atoms with van der Waals surface area (Å²) in [6.45, 7) is 4.78. The van der Waals surface area contributed by atoms with Gasteiger partial charge in [-0.05, 0) is 38.3 Å². The van der Waals surface area contributed by atoms with Gasteiger partial charge in [0.1, 0.15) is 6.10 Å². The van der Waals surface area contributed by atoms with Crippen LogP contribution in [-0.2, 0) is 9.53 Å². The van der Waals surface area contributed by atoms with Crippen LogP contribution in [0.4, 0.5) is 5.69 Å². The quantitative estimate of drug-likeness (QED) is 0.943. The number of nitrogens with one attached hydrogen (secondary N) is 1. The van der Waals surface area contributed by atoms with E-state index >= 15 is 0 Å².